The summed E-state index contributed by atoms with van der Waals surface area (Å²) < 4.78 is 0. The second-order valence-corrected chi connectivity index (χ2v) is 4.64. The summed E-state index contributed by atoms with van der Waals surface area (Å²) in [6, 6.07) is 0. The Balaban J connectivity index is 1.77. The third kappa shape index (κ3) is 2.74. The number of carbonyl (C=O) groups is 2. The molecule has 4 heteroatoms. The van der Waals surface area contributed by atoms with Crippen LogP contribution in [0.3, 0.4) is 0 Å². The fraction of sp³-hybridized carbons (Fsp3) is 0.750. The Bertz CT molecular complexity index is 250. The van der Waals surface area contributed by atoms with E-state index in [-0.39, 0.29) is 23.7 Å². The van der Waals surface area contributed by atoms with Crippen LogP contribution in [0.1, 0.15) is 32.1 Å². The summed E-state index contributed by atoms with van der Waals surface area (Å²) in [5.74, 6) is 0.383. The van der Waals surface area contributed by atoms with Crippen LogP contribution in [0.25, 0.3) is 0 Å². The molecule has 2 aliphatic rings. The van der Waals surface area contributed by atoms with Crippen molar-refractivity contribution in [1.29, 1.82) is 0 Å². The normalized spacial score (nSPS) is 30.8. The zero-order valence-corrected chi connectivity index (χ0v) is 9.50. The van der Waals surface area contributed by atoms with E-state index in [1.54, 1.807) is 0 Å². The number of piperidine rings is 2. The molecule has 0 spiro atoms. The van der Waals surface area contributed by atoms with Gasteiger partial charge >= 0.3 is 0 Å². The van der Waals surface area contributed by atoms with Crippen molar-refractivity contribution in [2.24, 2.45) is 11.8 Å². The van der Waals surface area contributed by atoms with Gasteiger partial charge in [0.2, 0.25) is 11.8 Å². The lowest BCUT2D eigenvalue weighted by Crippen LogP contribution is -2.39. The minimum absolute atomic E-state index is 0.0171. The van der Waals surface area contributed by atoms with Crippen LogP contribution in [0.2, 0.25) is 0 Å². The molecule has 2 atom stereocenters. The summed E-state index contributed by atoms with van der Waals surface area (Å²) in [5.41, 5.74) is 0. The molecule has 2 N–H and O–H groups in total. The fourth-order valence-corrected chi connectivity index (χ4v) is 2.41. The molecule has 2 unspecified atom stereocenters. The molecule has 2 saturated heterocycles. The molecule has 1 radical (unpaired) electrons. The first-order valence-electron chi connectivity index (χ1n) is 6.16. The van der Waals surface area contributed by atoms with Crippen molar-refractivity contribution in [3.63, 3.8) is 0 Å². The van der Waals surface area contributed by atoms with Crippen LogP contribution in [-0.4, -0.2) is 24.9 Å². The minimum atomic E-state index is 0.0171. The summed E-state index contributed by atoms with van der Waals surface area (Å²) in [4.78, 5) is 23.0. The van der Waals surface area contributed by atoms with Gasteiger partial charge in [0.25, 0.3) is 0 Å². The topological polar surface area (TPSA) is 58.2 Å². The molecule has 2 aliphatic heterocycles. The number of nitrogens with one attached hydrogen (secondary N) is 2. The van der Waals surface area contributed by atoms with Gasteiger partial charge in [0.15, 0.2) is 0 Å². The van der Waals surface area contributed by atoms with Gasteiger partial charge in [-0.25, -0.2) is 0 Å². The Morgan fingerprint density at radius 3 is 2.44 bits per heavy atom. The largest absolute Gasteiger partial charge is 0.356 e. The maximum absolute atomic E-state index is 11.5. The molecule has 2 heterocycles. The van der Waals surface area contributed by atoms with Gasteiger partial charge < -0.3 is 10.6 Å². The lowest BCUT2D eigenvalue weighted by Gasteiger charge is -2.25. The van der Waals surface area contributed by atoms with Gasteiger partial charge in [0.1, 0.15) is 0 Å². The summed E-state index contributed by atoms with van der Waals surface area (Å²) in [7, 11) is 0. The Kier molecular flexibility index (Phi) is 3.80. The van der Waals surface area contributed by atoms with Crippen molar-refractivity contribution in [3.8, 4) is 0 Å². The number of amides is 2. The SMILES string of the molecule is O=C1NCCCC1[CH]CC1CCCNC1=O. The van der Waals surface area contributed by atoms with Crippen molar-refractivity contribution in [3.05, 3.63) is 6.42 Å². The van der Waals surface area contributed by atoms with Crippen molar-refractivity contribution in [2.45, 2.75) is 32.1 Å². The molecule has 2 amide bonds. The first-order valence-corrected chi connectivity index (χ1v) is 6.16. The molecule has 16 heavy (non-hydrogen) atoms. The monoisotopic (exact) mass is 223 g/mol. The molecule has 0 aromatic rings. The maximum atomic E-state index is 11.5. The molecule has 89 valence electrons. The third-order valence-corrected chi connectivity index (χ3v) is 3.43. The Morgan fingerprint density at radius 2 is 1.75 bits per heavy atom. The number of rotatable bonds is 3. The summed E-state index contributed by atoms with van der Waals surface area (Å²) in [6.07, 6.45) is 6.76. The van der Waals surface area contributed by atoms with Crippen LogP contribution in [-0.2, 0) is 9.59 Å². The second-order valence-electron chi connectivity index (χ2n) is 4.64. The summed E-state index contributed by atoms with van der Waals surface area (Å²) in [6.45, 7) is 1.60. The molecular formula is C12H19N2O2. The van der Waals surface area contributed by atoms with Gasteiger partial charge in [-0.05, 0) is 38.5 Å². The van der Waals surface area contributed by atoms with Crippen LogP contribution in [0.4, 0.5) is 0 Å². The first-order chi connectivity index (χ1) is 7.77. The molecule has 2 rings (SSSR count). The maximum Gasteiger partial charge on any atom is 0.223 e. The predicted octanol–water partition coefficient (Wildman–Crippen LogP) is 0.633. The van der Waals surface area contributed by atoms with E-state index < -0.39 is 0 Å². The standard InChI is InChI=1S/C12H19N2O2/c15-11-9(3-1-7-13-11)5-6-10-4-2-8-14-12(10)16/h5,9-10H,1-4,6-8H2,(H,13,15)(H,14,16). The zero-order chi connectivity index (χ0) is 11.4. The highest BCUT2D eigenvalue weighted by Gasteiger charge is 2.26. The van der Waals surface area contributed by atoms with E-state index in [2.05, 4.69) is 10.6 Å². The number of hydrogen-bond donors (Lipinski definition) is 2. The van der Waals surface area contributed by atoms with Gasteiger partial charge in [-0.3, -0.25) is 9.59 Å². The average molecular weight is 223 g/mol. The highest BCUT2D eigenvalue weighted by molar-refractivity contribution is 5.81. The van der Waals surface area contributed by atoms with Gasteiger partial charge in [0.05, 0.1) is 0 Å². The molecule has 0 bridgehead atoms. The molecule has 0 aromatic heterocycles. The smallest absolute Gasteiger partial charge is 0.223 e. The number of hydrogen-bond acceptors (Lipinski definition) is 2. The van der Waals surface area contributed by atoms with Crippen LogP contribution in [0.5, 0.6) is 0 Å². The Morgan fingerprint density at radius 1 is 1.06 bits per heavy atom. The molecule has 2 fully saturated rings. The van der Waals surface area contributed by atoms with E-state index in [1.165, 1.54) is 0 Å². The highest BCUT2D eigenvalue weighted by atomic mass is 16.2. The van der Waals surface area contributed by atoms with E-state index in [9.17, 15) is 9.59 Å². The third-order valence-electron chi connectivity index (χ3n) is 3.43. The van der Waals surface area contributed by atoms with Crippen LogP contribution < -0.4 is 10.6 Å². The van der Waals surface area contributed by atoms with E-state index in [0.29, 0.717) is 0 Å². The van der Waals surface area contributed by atoms with E-state index in [4.69, 9.17) is 0 Å². The van der Waals surface area contributed by atoms with Crippen molar-refractivity contribution >= 4 is 11.8 Å². The van der Waals surface area contributed by atoms with Crippen LogP contribution in [0.15, 0.2) is 0 Å². The quantitative estimate of drug-likeness (QED) is 0.737. The first kappa shape index (κ1) is 11.4. The van der Waals surface area contributed by atoms with Crippen molar-refractivity contribution < 1.29 is 9.59 Å². The van der Waals surface area contributed by atoms with Crippen molar-refractivity contribution in [2.75, 3.05) is 13.1 Å². The van der Waals surface area contributed by atoms with E-state index >= 15 is 0 Å². The number of carbonyl (C=O) groups excluding carboxylic acids is 2. The molecular weight excluding hydrogens is 204 g/mol. The predicted molar refractivity (Wildman–Crippen MR) is 60.4 cm³/mol. The minimum Gasteiger partial charge on any atom is -0.356 e. The lowest BCUT2D eigenvalue weighted by molar-refractivity contribution is -0.128. The lowest BCUT2D eigenvalue weighted by atomic mass is 9.87. The summed E-state index contributed by atoms with van der Waals surface area (Å²) in [5, 5.41) is 5.73. The second kappa shape index (κ2) is 5.32. The molecule has 0 aromatic carbocycles. The van der Waals surface area contributed by atoms with Crippen molar-refractivity contribution in [1.82, 2.24) is 10.6 Å². The molecule has 0 aliphatic carbocycles. The van der Waals surface area contributed by atoms with Gasteiger partial charge in [0, 0.05) is 24.9 Å². The van der Waals surface area contributed by atoms with Gasteiger partial charge in [-0.15, -0.1) is 0 Å². The van der Waals surface area contributed by atoms with Gasteiger partial charge in [-0.2, -0.15) is 0 Å². The van der Waals surface area contributed by atoms with E-state index in [0.717, 1.165) is 45.2 Å². The van der Waals surface area contributed by atoms with Crippen LogP contribution >= 0.6 is 0 Å². The molecule has 4 nitrogen and oxygen atoms in total. The zero-order valence-electron chi connectivity index (χ0n) is 9.50. The highest BCUT2D eigenvalue weighted by Crippen LogP contribution is 2.23. The van der Waals surface area contributed by atoms with E-state index in [1.807, 2.05) is 6.42 Å². The van der Waals surface area contributed by atoms with Gasteiger partial charge in [-0.1, -0.05) is 0 Å². The summed E-state index contributed by atoms with van der Waals surface area (Å²) >= 11 is 0. The average Bonchev–Trinajstić information content (AvgIpc) is 2.30. The fourth-order valence-electron chi connectivity index (χ4n) is 2.41. The van der Waals surface area contributed by atoms with Crippen LogP contribution in [0, 0.1) is 18.3 Å². The Hall–Kier alpha value is -1.06. The molecule has 0 saturated carbocycles. The Labute approximate surface area is 96.2 Å².